The van der Waals surface area contributed by atoms with Gasteiger partial charge in [-0.25, -0.2) is 0 Å². The van der Waals surface area contributed by atoms with Crippen molar-refractivity contribution in [3.05, 3.63) is 27.8 Å². The topological polar surface area (TPSA) is 40.5 Å². The normalized spacial score (nSPS) is 12.9. The Balaban J connectivity index is 3.36. The number of benzene rings is 1. The molecule has 0 aliphatic heterocycles. The number of halogens is 1. The molecule has 1 aromatic rings. The number of aliphatic hydroxyl groups is 1. The lowest BCUT2D eigenvalue weighted by Crippen LogP contribution is -2.02. The molecular formula is C11H15ClO2. The molecule has 0 heterocycles. The monoisotopic (exact) mass is 214 g/mol. The number of aromatic hydroxyl groups is 1. The van der Waals surface area contributed by atoms with E-state index >= 15 is 0 Å². The van der Waals surface area contributed by atoms with E-state index in [9.17, 15) is 5.11 Å². The van der Waals surface area contributed by atoms with Crippen LogP contribution in [0.5, 0.6) is 5.75 Å². The molecule has 0 spiro atoms. The van der Waals surface area contributed by atoms with Gasteiger partial charge < -0.3 is 10.2 Å². The lowest BCUT2D eigenvalue weighted by atomic mass is 9.94. The predicted molar refractivity (Wildman–Crippen MR) is 58.1 cm³/mol. The molecule has 2 nitrogen and oxygen atoms in total. The van der Waals surface area contributed by atoms with Crippen LogP contribution < -0.4 is 0 Å². The predicted octanol–water partition coefficient (Wildman–Crippen LogP) is 2.76. The average molecular weight is 215 g/mol. The Morgan fingerprint density at radius 3 is 2.43 bits per heavy atom. The first-order chi connectivity index (χ1) is 6.49. The fourth-order valence-electron chi connectivity index (χ4n) is 1.67. The standard InChI is InChI=1S/C11H15ClO2/c1-6-4-7(2)10(12)11(14)9(6)8(3)5-13/h4,8,13-14H,5H2,1-3H3. The Morgan fingerprint density at radius 2 is 1.93 bits per heavy atom. The summed E-state index contributed by atoms with van der Waals surface area (Å²) >= 11 is 5.92. The molecule has 0 aromatic heterocycles. The van der Waals surface area contributed by atoms with Gasteiger partial charge in [0.05, 0.1) is 5.02 Å². The third-order valence-corrected chi connectivity index (χ3v) is 2.91. The van der Waals surface area contributed by atoms with Crippen LogP contribution in [0.3, 0.4) is 0 Å². The highest BCUT2D eigenvalue weighted by molar-refractivity contribution is 6.32. The molecule has 0 aliphatic carbocycles. The van der Waals surface area contributed by atoms with Crippen molar-refractivity contribution >= 4 is 11.6 Å². The van der Waals surface area contributed by atoms with E-state index in [1.807, 2.05) is 26.8 Å². The Labute approximate surface area is 89.1 Å². The van der Waals surface area contributed by atoms with Gasteiger partial charge in [-0.2, -0.15) is 0 Å². The zero-order chi connectivity index (χ0) is 10.9. The van der Waals surface area contributed by atoms with E-state index in [-0.39, 0.29) is 18.3 Å². The van der Waals surface area contributed by atoms with E-state index < -0.39 is 0 Å². The lowest BCUT2D eigenvalue weighted by molar-refractivity contribution is 0.270. The first-order valence-electron chi connectivity index (χ1n) is 4.58. The Bertz CT molecular complexity index is 348. The number of hydrogen-bond donors (Lipinski definition) is 2. The smallest absolute Gasteiger partial charge is 0.138 e. The van der Waals surface area contributed by atoms with E-state index in [1.54, 1.807) is 0 Å². The molecule has 1 atom stereocenters. The van der Waals surface area contributed by atoms with Gasteiger partial charge >= 0.3 is 0 Å². The van der Waals surface area contributed by atoms with Gasteiger partial charge in [0.2, 0.25) is 0 Å². The fourth-order valence-corrected chi connectivity index (χ4v) is 1.83. The summed E-state index contributed by atoms with van der Waals surface area (Å²) < 4.78 is 0. The summed E-state index contributed by atoms with van der Waals surface area (Å²) in [6.45, 7) is 5.62. The van der Waals surface area contributed by atoms with Crippen molar-refractivity contribution in [1.29, 1.82) is 0 Å². The van der Waals surface area contributed by atoms with Crippen molar-refractivity contribution < 1.29 is 10.2 Å². The minimum Gasteiger partial charge on any atom is -0.506 e. The molecule has 0 bridgehead atoms. The van der Waals surface area contributed by atoms with Gasteiger partial charge in [0.15, 0.2) is 0 Å². The van der Waals surface area contributed by atoms with Crippen LogP contribution >= 0.6 is 11.6 Å². The number of phenolic OH excluding ortho intramolecular Hbond substituents is 1. The van der Waals surface area contributed by atoms with Crippen LogP contribution in [0.2, 0.25) is 5.02 Å². The summed E-state index contributed by atoms with van der Waals surface area (Å²) in [5.74, 6) is 0.0128. The average Bonchev–Trinajstić information content (AvgIpc) is 2.14. The number of hydrogen-bond acceptors (Lipinski definition) is 2. The Hall–Kier alpha value is -0.730. The number of aryl methyl sites for hydroxylation is 2. The van der Waals surface area contributed by atoms with E-state index in [0.29, 0.717) is 5.02 Å². The van der Waals surface area contributed by atoms with Gasteiger partial charge in [-0.1, -0.05) is 24.6 Å². The minimum atomic E-state index is -0.0897. The quantitative estimate of drug-likeness (QED) is 0.795. The zero-order valence-corrected chi connectivity index (χ0v) is 9.39. The number of rotatable bonds is 2. The van der Waals surface area contributed by atoms with Gasteiger partial charge in [-0.3, -0.25) is 0 Å². The molecule has 0 aliphatic rings. The van der Waals surface area contributed by atoms with Gasteiger partial charge in [0, 0.05) is 18.1 Å². The van der Waals surface area contributed by atoms with Gasteiger partial charge in [-0.05, 0) is 25.0 Å². The maximum Gasteiger partial charge on any atom is 0.138 e. The van der Waals surface area contributed by atoms with Crippen molar-refractivity contribution in [1.82, 2.24) is 0 Å². The molecule has 0 fully saturated rings. The molecule has 3 heteroatoms. The molecule has 0 amide bonds. The largest absolute Gasteiger partial charge is 0.506 e. The third kappa shape index (κ3) is 1.86. The molecule has 0 saturated carbocycles. The van der Waals surface area contributed by atoms with Crippen LogP contribution in [0, 0.1) is 13.8 Å². The first-order valence-corrected chi connectivity index (χ1v) is 4.96. The molecule has 1 rings (SSSR count). The van der Waals surface area contributed by atoms with Crippen molar-refractivity contribution in [2.45, 2.75) is 26.7 Å². The van der Waals surface area contributed by atoms with Crippen LogP contribution in [0.1, 0.15) is 29.5 Å². The first kappa shape index (κ1) is 11.3. The molecule has 0 radical (unpaired) electrons. The minimum absolute atomic E-state index is 0.00773. The summed E-state index contributed by atoms with van der Waals surface area (Å²) in [5.41, 5.74) is 2.56. The van der Waals surface area contributed by atoms with Crippen molar-refractivity contribution in [3.63, 3.8) is 0 Å². The molecule has 1 unspecified atom stereocenters. The maximum atomic E-state index is 9.82. The molecule has 2 N–H and O–H groups in total. The maximum absolute atomic E-state index is 9.82. The number of aliphatic hydroxyl groups excluding tert-OH is 1. The Morgan fingerprint density at radius 1 is 1.36 bits per heavy atom. The second kappa shape index (κ2) is 4.20. The molecule has 78 valence electrons. The zero-order valence-electron chi connectivity index (χ0n) is 8.63. The second-order valence-electron chi connectivity index (χ2n) is 3.67. The fraction of sp³-hybridized carbons (Fsp3) is 0.455. The summed E-state index contributed by atoms with van der Waals surface area (Å²) in [4.78, 5) is 0. The molecular weight excluding hydrogens is 200 g/mol. The van der Waals surface area contributed by atoms with E-state index in [2.05, 4.69) is 0 Å². The molecule has 0 saturated heterocycles. The van der Waals surface area contributed by atoms with Crippen LogP contribution in [0.4, 0.5) is 0 Å². The van der Waals surface area contributed by atoms with Crippen LogP contribution in [0.15, 0.2) is 6.07 Å². The van der Waals surface area contributed by atoms with E-state index in [1.165, 1.54) is 0 Å². The van der Waals surface area contributed by atoms with Gasteiger partial charge in [0.25, 0.3) is 0 Å². The summed E-state index contributed by atoms with van der Waals surface area (Å²) in [6.07, 6.45) is 0. The van der Waals surface area contributed by atoms with Crippen molar-refractivity contribution in [3.8, 4) is 5.75 Å². The third-order valence-electron chi connectivity index (χ3n) is 2.43. The highest BCUT2D eigenvalue weighted by atomic mass is 35.5. The molecule has 1 aromatic carbocycles. The second-order valence-corrected chi connectivity index (χ2v) is 4.05. The SMILES string of the molecule is Cc1cc(C)c(C(C)CO)c(O)c1Cl. The summed E-state index contributed by atoms with van der Waals surface area (Å²) in [5, 5.41) is 19.2. The molecule has 14 heavy (non-hydrogen) atoms. The highest BCUT2D eigenvalue weighted by Crippen LogP contribution is 2.37. The number of phenols is 1. The van der Waals surface area contributed by atoms with E-state index in [0.717, 1.165) is 16.7 Å². The van der Waals surface area contributed by atoms with Crippen molar-refractivity contribution in [2.24, 2.45) is 0 Å². The Kier molecular flexibility index (Phi) is 3.40. The van der Waals surface area contributed by atoms with Crippen LogP contribution in [-0.4, -0.2) is 16.8 Å². The van der Waals surface area contributed by atoms with E-state index in [4.69, 9.17) is 16.7 Å². The lowest BCUT2D eigenvalue weighted by Gasteiger charge is -2.16. The van der Waals surface area contributed by atoms with Crippen LogP contribution in [0.25, 0.3) is 0 Å². The van der Waals surface area contributed by atoms with Crippen molar-refractivity contribution in [2.75, 3.05) is 6.61 Å². The van der Waals surface area contributed by atoms with Gasteiger partial charge in [-0.15, -0.1) is 0 Å². The van der Waals surface area contributed by atoms with Crippen LogP contribution in [-0.2, 0) is 0 Å². The summed E-state index contributed by atoms with van der Waals surface area (Å²) in [6, 6.07) is 1.92. The van der Waals surface area contributed by atoms with Gasteiger partial charge in [0.1, 0.15) is 5.75 Å². The highest BCUT2D eigenvalue weighted by Gasteiger charge is 2.16. The summed E-state index contributed by atoms with van der Waals surface area (Å²) in [7, 11) is 0.